The second-order valence-corrected chi connectivity index (χ2v) is 9.90. The van der Waals surface area contributed by atoms with Gasteiger partial charge in [-0.1, -0.05) is 12.1 Å². The van der Waals surface area contributed by atoms with Crippen molar-refractivity contribution < 1.29 is 23.1 Å². The zero-order valence-electron chi connectivity index (χ0n) is 21.3. The first-order chi connectivity index (χ1) is 18.3. The summed E-state index contributed by atoms with van der Waals surface area (Å²) in [6.45, 7) is 1.97. The predicted molar refractivity (Wildman–Crippen MR) is 139 cm³/mol. The normalized spacial score (nSPS) is 20.2. The van der Waals surface area contributed by atoms with Crippen LogP contribution in [0.4, 0.5) is 14.6 Å². The minimum atomic E-state index is -0.948. The molecule has 7 nitrogen and oxygen atoms in total. The van der Waals surface area contributed by atoms with E-state index in [2.05, 4.69) is 20.5 Å². The van der Waals surface area contributed by atoms with Gasteiger partial charge in [0.2, 0.25) is 0 Å². The van der Waals surface area contributed by atoms with Crippen molar-refractivity contribution in [3.63, 3.8) is 0 Å². The highest BCUT2D eigenvalue weighted by Crippen LogP contribution is 2.38. The second-order valence-electron chi connectivity index (χ2n) is 9.90. The van der Waals surface area contributed by atoms with E-state index in [9.17, 15) is 18.4 Å². The number of piperidine rings is 1. The Kier molecular flexibility index (Phi) is 7.26. The average molecular weight is 521 g/mol. The van der Waals surface area contributed by atoms with Gasteiger partial charge in [0.15, 0.2) is 11.6 Å². The van der Waals surface area contributed by atoms with Gasteiger partial charge in [0, 0.05) is 42.0 Å². The van der Waals surface area contributed by atoms with Crippen LogP contribution in [0, 0.1) is 18.6 Å². The van der Waals surface area contributed by atoms with Crippen LogP contribution in [0.15, 0.2) is 54.7 Å². The van der Waals surface area contributed by atoms with Gasteiger partial charge in [-0.3, -0.25) is 9.59 Å². The van der Waals surface area contributed by atoms with Crippen LogP contribution in [0.25, 0.3) is 0 Å². The van der Waals surface area contributed by atoms with Crippen molar-refractivity contribution in [3.8, 4) is 5.75 Å². The topological polar surface area (TPSA) is 83.6 Å². The molecule has 2 fully saturated rings. The van der Waals surface area contributed by atoms with Crippen molar-refractivity contribution in [2.45, 2.75) is 57.3 Å². The zero-order chi connectivity index (χ0) is 26.8. The Morgan fingerprint density at radius 1 is 1.03 bits per heavy atom. The Hall–Kier alpha value is -4.01. The molecule has 3 heterocycles. The monoisotopic (exact) mass is 520 g/mol. The Morgan fingerprint density at radius 2 is 1.79 bits per heavy atom. The predicted octanol–water partition coefficient (Wildman–Crippen LogP) is 4.54. The van der Waals surface area contributed by atoms with Crippen molar-refractivity contribution in [3.05, 3.63) is 88.6 Å². The first kappa shape index (κ1) is 25.6. The summed E-state index contributed by atoms with van der Waals surface area (Å²) in [4.78, 5) is 32.4. The lowest BCUT2D eigenvalue weighted by atomic mass is 9.96. The van der Waals surface area contributed by atoms with E-state index in [0.29, 0.717) is 22.4 Å². The van der Waals surface area contributed by atoms with Gasteiger partial charge >= 0.3 is 0 Å². The van der Waals surface area contributed by atoms with Gasteiger partial charge in [-0.05, 0) is 74.6 Å². The van der Waals surface area contributed by atoms with Gasteiger partial charge in [0.25, 0.3) is 11.8 Å². The minimum absolute atomic E-state index is 0.0724. The maximum atomic E-state index is 13.4. The quantitative estimate of drug-likeness (QED) is 0.478. The molecule has 0 saturated carbocycles. The number of ether oxygens (including phenoxy) is 1. The van der Waals surface area contributed by atoms with E-state index in [0.717, 1.165) is 49.2 Å². The van der Waals surface area contributed by atoms with E-state index in [-0.39, 0.29) is 36.5 Å². The fourth-order valence-corrected chi connectivity index (χ4v) is 5.62. The van der Waals surface area contributed by atoms with E-state index in [1.54, 1.807) is 13.2 Å². The number of pyridine rings is 1. The van der Waals surface area contributed by atoms with Gasteiger partial charge in [-0.15, -0.1) is 0 Å². The molecular weight excluding hydrogens is 490 g/mol. The van der Waals surface area contributed by atoms with Crippen LogP contribution in [-0.2, 0) is 6.54 Å². The van der Waals surface area contributed by atoms with E-state index < -0.39 is 11.6 Å². The van der Waals surface area contributed by atoms with E-state index in [1.165, 1.54) is 12.3 Å². The van der Waals surface area contributed by atoms with E-state index in [4.69, 9.17) is 4.74 Å². The largest absolute Gasteiger partial charge is 0.496 e. The summed E-state index contributed by atoms with van der Waals surface area (Å²) in [6.07, 6.45) is 5.22. The minimum Gasteiger partial charge on any atom is -0.496 e. The molecule has 5 rings (SSSR count). The number of anilines is 1. The van der Waals surface area contributed by atoms with Crippen LogP contribution in [0.3, 0.4) is 0 Å². The fraction of sp³-hybridized carbons (Fsp3) is 0.345. The van der Waals surface area contributed by atoms with Crippen molar-refractivity contribution in [2.24, 2.45) is 0 Å². The number of carbonyl (C=O) groups excluding carboxylic acids is 2. The number of halogens is 2. The molecule has 0 spiro atoms. The number of hydrogen-bond donors (Lipinski definition) is 2. The van der Waals surface area contributed by atoms with Crippen LogP contribution >= 0.6 is 0 Å². The van der Waals surface area contributed by atoms with Gasteiger partial charge in [0.05, 0.1) is 12.7 Å². The highest BCUT2D eigenvalue weighted by atomic mass is 19.2. The molecular formula is C29H30F2N4O3. The molecule has 38 heavy (non-hydrogen) atoms. The van der Waals surface area contributed by atoms with Crippen LogP contribution < -0.4 is 20.3 Å². The summed E-state index contributed by atoms with van der Waals surface area (Å²) in [7, 11) is 1.60. The standard InChI is InChI=1S/C29H30F2N4O3/c1-17-23(4-3-5-26(17)38-2)29(37)34-20-13-21-8-9-22(14-20)35(21)27-11-7-19(16-32-27)28(36)33-15-18-6-10-24(30)25(31)12-18/h3-7,10-12,16,20-22H,8-9,13-15H2,1-2H3,(H,33,36)(H,34,37)/t20-,21+,22-. The highest BCUT2D eigenvalue weighted by molar-refractivity contribution is 5.96. The van der Waals surface area contributed by atoms with Gasteiger partial charge in [0.1, 0.15) is 11.6 Å². The molecule has 1 aromatic heterocycles. The number of hydrogen-bond acceptors (Lipinski definition) is 5. The molecule has 2 bridgehead atoms. The number of carbonyl (C=O) groups is 2. The first-order valence-electron chi connectivity index (χ1n) is 12.7. The number of nitrogens with one attached hydrogen (secondary N) is 2. The Bertz CT molecular complexity index is 1330. The Labute approximate surface area is 220 Å². The molecule has 2 N–H and O–H groups in total. The van der Waals surface area contributed by atoms with Gasteiger partial charge in [-0.2, -0.15) is 0 Å². The summed E-state index contributed by atoms with van der Waals surface area (Å²) in [6, 6.07) is 13.2. The van der Waals surface area contributed by atoms with Crippen molar-refractivity contribution in [1.82, 2.24) is 15.6 Å². The van der Waals surface area contributed by atoms with Crippen molar-refractivity contribution in [2.75, 3.05) is 12.0 Å². The molecule has 3 atom stereocenters. The molecule has 9 heteroatoms. The third-order valence-electron chi connectivity index (χ3n) is 7.53. The number of nitrogens with zero attached hydrogens (tertiary/aromatic N) is 2. The van der Waals surface area contributed by atoms with Crippen LogP contribution in [-0.4, -0.2) is 42.0 Å². The summed E-state index contributed by atoms with van der Waals surface area (Å²) < 4.78 is 31.9. The molecule has 0 radical (unpaired) electrons. The molecule has 2 saturated heterocycles. The number of fused-ring (bicyclic) bond motifs is 2. The first-order valence-corrected chi connectivity index (χ1v) is 12.7. The molecule has 2 aromatic carbocycles. The third kappa shape index (κ3) is 5.18. The number of benzene rings is 2. The number of methoxy groups -OCH3 is 1. The average Bonchev–Trinajstić information content (AvgIpc) is 3.19. The highest BCUT2D eigenvalue weighted by Gasteiger charge is 2.42. The molecule has 2 aliphatic rings. The maximum Gasteiger partial charge on any atom is 0.253 e. The molecule has 0 unspecified atom stereocenters. The maximum absolute atomic E-state index is 13.4. The molecule has 2 amide bonds. The molecule has 0 aliphatic carbocycles. The molecule has 198 valence electrons. The Morgan fingerprint density at radius 3 is 2.45 bits per heavy atom. The fourth-order valence-electron chi connectivity index (χ4n) is 5.62. The van der Waals surface area contributed by atoms with E-state index >= 15 is 0 Å². The summed E-state index contributed by atoms with van der Waals surface area (Å²) in [5, 5.41) is 5.93. The number of aromatic nitrogens is 1. The summed E-state index contributed by atoms with van der Waals surface area (Å²) in [5.41, 5.74) is 2.31. The molecule has 3 aromatic rings. The number of rotatable bonds is 7. The van der Waals surface area contributed by atoms with Gasteiger partial charge in [-0.25, -0.2) is 13.8 Å². The zero-order valence-corrected chi connectivity index (χ0v) is 21.3. The lowest BCUT2D eigenvalue weighted by molar-refractivity contribution is 0.0923. The smallest absolute Gasteiger partial charge is 0.253 e. The van der Waals surface area contributed by atoms with Crippen LogP contribution in [0.2, 0.25) is 0 Å². The number of amides is 2. The lowest BCUT2D eigenvalue weighted by Crippen LogP contribution is -2.50. The summed E-state index contributed by atoms with van der Waals surface area (Å²) >= 11 is 0. The van der Waals surface area contributed by atoms with Crippen molar-refractivity contribution >= 4 is 17.6 Å². The SMILES string of the molecule is COc1cccc(C(=O)N[C@H]2C[C@H]3CC[C@@H](C2)N3c2ccc(C(=O)NCc3ccc(F)c(F)c3)cn2)c1C. The van der Waals surface area contributed by atoms with Gasteiger partial charge < -0.3 is 20.3 Å². The van der Waals surface area contributed by atoms with Crippen LogP contribution in [0.5, 0.6) is 5.75 Å². The van der Waals surface area contributed by atoms with Crippen LogP contribution in [0.1, 0.15) is 57.5 Å². The van der Waals surface area contributed by atoms with Crippen molar-refractivity contribution in [1.29, 1.82) is 0 Å². The second kappa shape index (κ2) is 10.8. The lowest BCUT2D eigenvalue weighted by Gasteiger charge is -2.40. The Balaban J connectivity index is 1.19. The summed E-state index contributed by atoms with van der Waals surface area (Å²) in [5.74, 6) is -0.798. The molecule has 2 aliphatic heterocycles. The van der Waals surface area contributed by atoms with E-state index in [1.807, 2.05) is 31.2 Å². The third-order valence-corrected chi connectivity index (χ3v) is 7.53.